The highest BCUT2D eigenvalue weighted by Gasteiger charge is 2.23. The third-order valence-corrected chi connectivity index (χ3v) is 4.81. The Morgan fingerprint density at radius 2 is 1.83 bits per heavy atom. The van der Waals surface area contributed by atoms with E-state index in [2.05, 4.69) is 10.3 Å². The van der Waals surface area contributed by atoms with Gasteiger partial charge in [-0.05, 0) is 36.6 Å². The van der Waals surface area contributed by atoms with Crippen LogP contribution >= 0.6 is 0 Å². The van der Waals surface area contributed by atoms with E-state index in [9.17, 15) is 9.59 Å². The van der Waals surface area contributed by atoms with Crippen LogP contribution in [0, 0.1) is 0 Å². The predicted molar refractivity (Wildman–Crippen MR) is 112 cm³/mol. The minimum absolute atomic E-state index is 0.202. The number of ether oxygens (including phenoxy) is 2. The molecule has 0 bridgehead atoms. The van der Waals surface area contributed by atoms with Gasteiger partial charge in [0.05, 0.1) is 13.7 Å². The van der Waals surface area contributed by atoms with Gasteiger partial charge in [-0.15, -0.1) is 0 Å². The van der Waals surface area contributed by atoms with E-state index in [-0.39, 0.29) is 12.3 Å². The number of methoxy groups -OCH3 is 1. The van der Waals surface area contributed by atoms with Crippen molar-refractivity contribution < 1.29 is 19.1 Å². The van der Waals surface area contributed by atoms with E-state index in [1.165, 1.54) is 7.11 Å². The van der Waals surface area contributed by atoms with Crippen LogP contribution in [0.1, 0.15) is 24.5 Å². The molecule has 3 aromatic rings. The number of hydrogen-bond acceptors (Lipinski definition) is 4. The van der Waals surface area contributed by atoms with Crippen LogP contribution in [0.4, 0.5) is 0 Å². The van der Waals surface area contributed by atoms with Crippen LogP contribution < -0.4 is 10.1 Å². The number of para-hydroxylation sites is 2. The van der Waals surface area contributed by atoms with Gasteiger partial charge in [0, 0.05) is 29.9 Å². The number of amides is 1. The number of H-pyrrole nitrogens is 1. The fourth-order valence-corrected chi connectivity index (χ4v) is 3.38. The summed E-state index contributed by atoms with van der Waals surface area (Å²) in [4.78, 5) is 28.0. The van der Waals surface area contributed by atoms with Crippen LogP contribution in [0.2, 0.25) is 0 Å². The van der Waals surface area contributed by atoms with Crippen LogP contribution in [0.25, 0.3) is 10.9 Å². The normalized spacial score (nSPS) is 11.8. The van der Waals surface area contributed by atoms with E-state index in [4.69, 9.17) is 9.47 Å². The molecule has 152 valence electrons. The highest BCUT2D eigenvalue weighted by Crippen LogP contribution is 2.21. The van der Waals surface area contributed by atoms with E-state index >= 15 is 0 Å². The zero-order valence-electron chi connectivity index (χ0n) is 16.7. The first-order valence-electron chi connectivity index (χ1n) is 9.75. The molecule has 0 aliphatic carbocycles. The summed E-state index contributed by atoms with van der Waals surface area (Å²) in [6.07, 6.45) is 3.01. The number of aryl methyl sites for hydroxylation is 1. The maximum absolute atomic E-state index is 12.5. The number of esters is 1. The van der Waals surface area contributed by atoms with Gasteiger partial charge in [-0.3, -0.25) is 4.79 Å². The lowest BCUT2D eigenvalue weighted by Gasteiger charge is -2.17. The standard InChI is InChI=1S/C23H26N2O4/c1-3-29-21-11-7-4-8-16(21)12-13-22(26)25-20(23(27)28-2)14-17-15-24-19-10-6-5-9-18(17)19/h4-11,15,20,24H,3,12-14H2,1-2H3,(H,25,26). The van der Waals surface area contributed by atoms with Crippen LogP contribution in [-0.2, 0) is 27.2 Å². The quantitative estimate of drug-likeness (QED) is 0.545. The van der Waals surface area contributed by atoms with Gasteiger partial charge < -0.3 is 19.8 Å². The van der Waals surface area contributed by atoms with Gasteiger partial charge in [0.1, 0.15) is 11.8 Å². The Labute approximate surface area is 170 Å². The monoisotopic (exact) mass is 394 g/mol. The second-order valence-corrected chi connectivity index (χ2v) is 6.75. The molecule has 1 heterocycles. The fraction of sp³-hybridized carbons (Fsp3) is 0.304. The molecule has 0 saturated carbocycles. The first-order chi connectivity index (χ1) is 14.1. The number of aromatic amines is 1. The maximum Gasteiger partial charge on any atom is 0.328 e. The summed E-state index contributed by atoms with van der Waals surface area (Å²) in [6, 6.07) is 14.8. The van der Waals surface area contributed by atoms with Gasteiger partial charge in [-0.1, -0.05) is 36.4 Å². The van der Waals surface area contributed by atoms with Crippen molar-refractivity contribution >= 4 is 22.8 Å². The number of hydrogen-bond donors (Lipinski definition) is 2. The van der Waals surface area contributed by atoms with Crippen molar-refractivity contribution in [2.75, 3.05) is 13.7 Å². The number of fused-ring (bicyclic) bond motifs is 1. The van der Waals surface area contributed by atoms with Crippen LogP contribution in [-0.4, -0.2) is 36.6 Å². The second kappa shape index (κ2) is 9.78. The molecule has 6 heteroatoms. The molecule has 29 heavy (non-hydrogen) atoms. The fourth-order valence-electron chi connectivity index (χ4n) is 3.38. The van der Waals surface area contributed by atoms with Crippen molar-refractivity contribution in [2.45, 2.75) is 32.2 Å². The number of nitrogens with one attached hydrogen (secondary N) is 2. The van der Waals surface area contributed by atoms with Crippen LogP contribution in [0.5, 0.6) is 5.75 Å². The van der Waals surface area contributed by atoms with E-state index in [1.54, 1.807) is 0 Å². The van der Waals surface area contributed by atoms with Gasteiger partial charge >= 0.3 is 5.97 Å². The first-order valence-corrected chi connectivity index (χ1v) is 9.75. The molecule has 0 aliphatic heterocycles. The Morgan fingerprint density at radius 1 is 1.07 bits per heavy atom. The number of carbonyl (C=O) groups is 2. The van der Waals surface area contributed by atoms with Crippen LogP contribution in [0.15, 0.2) is 54.7 Å². The minimum atomic E-state index is -0.742. The number of aromatic nitrogens is 1. The first kappa shape index (κ1) is 20.5. The van der Waals surface area contributed by atoms with Crippen molar-refractivity contribution in [1.82, 2.24) is 10.3 Å². The third kappa shape index (κ3) is 5.16. The van der Waals surface area contributed by atoms with E-state index < -0.39 is 12.0 Å². The molecule has 0 aliphatic rings. The molecule has 2 aromatic carbocycles. The second-order valence-electron chi connectivity index (χ2n) is 6.75. The minimum Gasteiger partial charge on any atom is -0.494 e. The molecule has 1 unspecified atom stereocenters. The molecule has 3 rings (SSSR count). The number of carbonyl (C=O) groups excluding carboxylic acids is 2. The van der Waals surface area contributed by atoms with Gasteiger partial charge in [-0.25, -0.2) is 4.79 Å². The summed E-state index contributed by atoms with van der Waals surface area (Å²) in [7, 11) is 1.33. The van der Waals surface area contributed by atoms with Gasteiger partial charge in [-0.2, -0.15) is 0 Å². The van der Waals surface area contributed by atoms with Crippen molar-refractivity contribution in [3.63, 3.8) is 0 Å². The van der Waals surface area contributed by atoms with Crippen LogP contribution in [0.3, 0.4) is 0 Å². The van der Waals surface area contributed by atoms with Crippen molar-refractivity contribution in [1.29, 1.82) is 0 Å². The topological polar surface area (TPSA) is 80.4 Å². The Bertz CT molecular complexity index is 980. The lowest BCUT2D eigenvalue weighted by atomic mass is 10.0. The van der Waals surface area contributed by atoms with Gasteiger partial charge in [0.15, 0.2) is 0 Å². The Morgan fingerprint density at radius 3 is 2.62 bits per heavy atom. The summed E-state index contributed by atoms with van der Waals surface area (Å²) >= 11 is 0. The molecule has 0 saturated heterocycles. The van der Waals surface area contributed by atoms with Crippen molar-refractivity contribution in [3.8, 4) is 5.75 Å². The average Bonchev–Trinajstić information content (AvgIpc) is 3.15. The Hall–Kier alpha value is -3.28. The molecule has 0 spiro atoms. The van der Waals surface area contributed by atoms with Crippen molar-refractivity contribution in [3.05, 3.63) is 65.9 Å². The average molecular weight is 394 g/mol. The summed E-state index contributed by atoms with van der Waals surface area (Å²) < 4.78 is 10.5. The Balaban J connectivity index is 1.66. The summed E-state index contributed by atoms with van der Waals surface area (Å²) in [5.74, 6) is 0.121. The predicted octanol–water partition coefficient (Wildman–Crippen LogP) is 3.40. The lowest BCUT2D eigenvalue weighted by molar-refractivity contribution is -0.145. The summed E-state index contributed by atoms with van der Waals surface area (Å²) in [6.45, 7) is 2.49. The van der Waals surface area contributed by atoms with Gasteiger partial charge in [0.25, 0.3) is 0 Å². The SMILES string of the molecule is CCOc1ccccc1CCC(=O)NC(Cc1c[nH]c2ccccc12)C(=O)OC. The highest BCUT2D eigenvalue weighted by atomic mass is 16.5. The van der Waals surface area contributed by atoms with E-state index in [1.807, 2.05) is 61.7 Å². The maximum atomic E-state index is 12.5. The van der Waals surface area contributed by atoms with E-state index in [0.717, 1.165) is 27.8 Å². The summed E-state index contributed by atoms with van der Waals surface area (Å²) in [5.41, 5.74) is 2.92. The molecular formula is C23H26N2O4. The smallest absolute Gasteiger partial charge is 0.328 e. The molecule has 1 aromatic heterocycles. The van der Waals surface area contributed by atoms with E-state index in [0.29, 0.717) is 19.4 Å². The third-order valence-electron chi connectivity index (χ3n) is 4.81. The molecule has 1 amide bonds. The number of benzene rings is 2. The molecular weight excluding hydrogens is 368 g/mol. The molecule has 0 fully saturated rings. The molecule has 6 nitrogen and oxygen atoms in total. The lowest BCUT2D eigenvalue weighted by Crippen LogP contribution is -2.43. The zero-order valence-corrected chi connectivity index (χ0v) is 16.7. The van der Waals surface area contributed by atoms with Crippen molar-refractivity contribution in [2.24, 2.45) is 0 Å². The molecule has 1 atom stereocenters. The summed E-state index contributed by atoms with van der Waals surface area (Å²) in [5, 5.41) is 3.85. The van der Waals surface area contributed by atoms with Gasteiger partial charge in [0.2, 0.25) is 5.91 Å². The molecule has 0 radical (unpaired) electrons. The number of rotatable bonds is 9. The zero-order chi connectivity index (χ0) is 20.6. The molecule has 2 N–H and O–H groups in total. The largest absolute Gasteiger partial charge is 0.494 e. The Kier molecular flexibility index (Phi) is 6.89. The highest BCUT2D eigenvalue weighted by molar-refractivity contribution is 5.87.